The van der Waals surface area contributed by atoms with E-state index >= 15 is 0 Å². The third-order valence-corrected chi connectivity index (χ3v) is 3.32. The summed E-state index contributed by atoms with van der Waals surface area (Å²) in [6.45, 7) is 1.77. The molecule has 1 atom stereocenters. The zero-order valence-corrected chi connectivity index (χ0v) is 10.9. The van der Waals surface area contributed by atoms with Crippen LogP contribution in [0.5, 0.6) is 0 Å². The Labute approximate surface area is 110 Å². The van der Waals surface area contributed by atoms with Gasteiger partial charge >= 0.3 is 0 Å². The molecule has 98 valence electrons. The molecule has 1 aliphatic heterocycles. The summed E-state index contributed by atoms with van der Waals surface area (Å²) in [5.41, 5.74) is 5.41. The number of likely N-dealkylation sites (tertiary alicyclic amines) is 1. The second kappa shape index (κ2) is 5.16. The number of nitrogens with two attached hydrogens (primary N) is 1. The number of halogens is 2. The largest absolute Gasteiger partial charge is 0.389 e. The second-order valence-electron chi connectivity index (χ2n) is 4.55. The van der Waals surface area contributed by atoms with Crippen LogP contribution >= 0.6 is 12.2 Å². The lowest BCUT2D eigenvalue weighted by atomic mass is 10.1. The van der Waals surface area contributed by atoms with Gasteiger partial charge in [-0.25, -0.2) is 8.78 Å². The molecule has 1 saturated heterocycles. The molecular formula is C12H15F2N3S. The third kappa shape index (κ3) is 2.59. The van der Waals surface area contributed by atoms with E-state index in [9.17, 15) is 8.78 Å². The van der Waals surface area contributed by atoms with Crippen molar-refractivity contribution in [3.8, 4) is 0 Å². The van der Waals surface area contributed by atoms with Crippen molar-refractivity contribution in [2.45, 2.75) is 12.5 Å². The molecule has 1 unspecified atom stereocenters. The van der Waals surface area contributed by atoms with E-state index < -0.39 is 11.6 Å². The summed E-state index contributed by atoms with van der Waals surface area (Å²) >= 11 is 4.66. The topological polar surface area (TPSA) is 41.3 Å². The monoisotopic (exact) mass is 271 g/mol. The van der Waals surface area contributed by atoms with E-state index in [0.717, 1.165) is 19.5 Å². The molecule has 0 spiro atoms. The number of rotatable bonds is 3. The molecule has 1 fully saturated rings. The number of thiocarbonyl (C=S) groups is 1. The van der Waals surface area contributed by atoms with Crippen LogP contribution in [0, 0.1) is 11.6 Å². The summed E-state index contributed by atoms with van der Waals surface area (Å²) in [4.78, 5) is 1.99. The van der Waals surface area contributed by atoms with Gasteiger partial charge < -0.3 is 16.0 Å². The van der Waals surface area contributed by atoms with E-state index in [1.54, 1.807) is 0 Å². The molecule has 0 amide bonds. The molecule has 0 aliphatic carbocycles. The molecule has 1 aromatic carbocycles. The standard InChI is InChI=1S/C12H15F2N3S/c1-17-5-4-7(6-17)16-9-3-2-8(12(15)18)10(13)11(9)14/h2-3,7,16H,4-6H2,1H3,(H2,15,18). The lowest BCUT2D eigenvalue weighted by Crippen LogP contribution is -2.24. The first-order valence-electron chi connectivity index (χ1n) is 5.72. The molecule has 18 heavy (non-hydrogen) atoms. The van der Waals surface area contributed by atoms with Crippen molar-refractivity contribution >= 4 is 22.9 Å². The van der Waals surface area contributed by atoms with E-state index in [1.165, 1.54) is 12.1 Å². The van der Waals surface area contributed by atoms with Crippen LogP contribution in [0.2, 0.25) is 0 Å². The Morgan fingerprint density at radius 2 is 2.17 bits per heavy atom. The molecule has 1 aromatic rings. The van der Waals surface area contributed by atoms with Crippen LogP contribution in [-0.2, 0) is 0 Å². The van der Waals surface area contributed by atoms with Crippen molar-refractivity contribution in [2.75, 3.05) is 25.5 Å². The molecule has 6 heteroatoms. The van der Waals surface area contributed by atoms with Crippen LogP contribution in [0.4, 0.5) is 14.5 Å². The van der Waals surface area contributed by atoms with Crippen LogP contribution in [-0.4, -0.2) is 36.1 Å². The highest BCUT2D eigenvalue weighted by Gasteiger charge is 2.22. The smallest absolute Gasteiger partial charge is 0.182 e. The summed E-state index contributed by atoms with van der Waals surface area (Å²) in [5.74, 6) is -1.91. The van der Waals surface area contributed by atoms with Gasteiger partial charge in [-0.1, -0.05) is 12.2 Å². The van der Waals surface area contributed by atoms with Crippen LogP contribution < -0.4 is 11.1 Å². The SMILES string of the molecule is CN1CCC(Nc2ccc(C(N)=S)c(F)c2F)C1. The first-order chi connectivity index (χ1) is 8.49. The van der Waals surface area contributed by atoms with E-state index in [-0.39, 0.29) is 22.3 Å². The van der Waals surface area contributed by atoms with Gasteiger partial charge in [0.2, 0.25) is 0 Å². The predicted molar refractivity (Wildman–Crippen MR) is 71.8 cm³/mol. The fourth-order valence-electron chi connectivity index (χ4n) is 2.12. The van der Waals surface area contributed by atoms with Crippen molar-refractivity contribution in [3.63, 3.8) is 0 Å². The van der Waals surface area contributed by atoms with Crippen molar-refractivity contribution < 1.29 is 8.78 Å². The van der Waals surface area contributed by atoms with Gasteiger partial charge in [0.1, 0.15) is 4.99 Å². The lowest BCUT2D eigenvalue weighted by Gasteiger charge is -2.15. The molecule has 2 rings (SSSR count). The molecule has 0 aromatic heterocycles. The van der Waals surface area contributed by atoms with E-state index in [4.69, 9.17) is 5.73 Å². The zero-order chi connectivity index (χ0) is 13.3. The van der Waals surface area contributed by atoms with E-state index in [0.29, 0.717) is 0 Å². The van der Waals surface area contributed by atoms with Crippen molar-refractivity contribution in [3.05, 3.63) is 29.3 Å². The van der Waals surface area contributed by atoms with Crippen LogP contribution in [0.15, 0.2) is 12.1 Å². The molecule has 0 bridgehead atoms. The number of nitrogens with zero attached hydrogens (tertiary/aromatic N) is 1. The van der Waals surface area contributed by atoms with Gasteiger partial charge in [-0.2, -0.15) is 0 Å². The normalized spacial score (nSPS) is 20.1. The number of hydrogen-bond donors (Lipinski definition) is 2. The maximum Gasteiger partial charge on any atom is 0.182 e. The first kappa shape index (κ1) is 13.2. The predicted octanol–water partition coefficient (Wildman–Crippen LogP) is 1.72. The minimum Gasteiger partial charge on any atom is -0.389 e. The Morgan fingerprint density at radius 3 is 2.72 bits per heavy atom. The number of hydrogen-bond acceptors (Lipinski definition) is 3. The fraction of sp³-hybridized carbons (Fsp3) is 0.417. The van der Waals surface area contributed by atoms with Crippen molar-refractivity contribution in [1.82, 2.24) is 4.90 Å². The summed E-state index contributed by atoms with van der Waals surface area (Å²) in [5, 5.41) is 3.01. The summed E-state index contributed by atoms with van der Waals surface area (Å²) in [6.07, 6.45) is 0.911. The van der Waals surface area contributed by atoms with Crippen LogP contribution in [0.3, 0.4) is 0 Å². The van der Waals surface area contributed by atoms with Gasteiger partial charge in [0.25, 0.3) is 0 Å². The van der Waals surface area contributed by atoms with Gasteiger partial charge in [-0.3, -0.25) is 0 Å². The van der Waals surface area contributed by atoms with Gasteiger partial charge in [0.05, 0.1) is 5.69 Å². The Kier molecular flexibility index (Phi) is 3.77. The van der Waals surface area contributed by atoms with Gasteiger partial charge in [0, 0.05) is 18.2 Å². The lowest BCUT2D eigenvalue weighted by molar-refractivity contribution is 0.413. The molecule has 0 radical (unpaired) electrons. The van der Waals surface area contributed by atoms with E-state index in [2.05, 4.69) is 22.4 Å². The average Bonchev–Trinajstić information content (AvgIpc) is 2.70. The third-order valence-electron chi connectivity index (χ3n) is 3.10. The number of nitrogens with one attached hydrogen (secondary N) is 1. The highest BCUT2D eigenvalue weighted by Crippen LogP contribution is 2.23. The van der Waals surface area contributed by atoms with Crippen molar-refractivity contribution in [2.24, 2.45) is 5.73 Å². The summed E-state index contributed by atoms with van der Waals surface area (Å²) < 4.78 is 27.5. The maximum absolute atomic E-state index is 13.8. The fourth-order valence-corrected chi connectivity index (χ4v) is 2.28. The highest BCUT2D eigenvalue weighted by atomic mass is 32.1. The van der Waals surface area contributed by atoms with Crippen LogP contribution in [0.1, 0.15) is 12.0 Å². The molecule has 1 heterocycles. The van der Waals surface area contributed by atoms with Gasteiger partial charge in [-0.05, 0) is 32.1 Å². The number of anilines is 1. The molecule has 3 N–H and O–H groups in total. The Bertz CT molecular complexity index is 479. The second-order valence-corrected chi connectivity index (χ2v) is 4.98. The Morgan fingerprint density at radius 1 is 1.44 bits per heavy atom. The first-order valence-corrected chi connectivity index (χ1v) is 6.12. The Balaban J connectivity index is 2.19. The van der Waals surface area contributed by atoms with Gasteiger partial charge in [0.15, 0.2) is 11.6 Å². The van der Waals surface area contributed by atoms with Gasteiger partial charge in [-0.15, -0.1) is 0 Å². The maximum atomic E-state index is 13.8. The number of benzene rings is 1. The molecule has 0 saturated carbocycles. The Hall–Kier alpha value is -1.27. The van der Waals surface area contributed by atoms with E-state index in [1.807, 2.05) is 7.05 Å². The highest BCUT2D eigenvalue weighted by molar-refractivity contribution is 7.80. The zero-order valence-electron chi connectivity index (χ0n) is 10.0. The molecule has 3 nitrogen and oxygen atoms in total. The van der Waals surface area contributed by atoms with Crippen molar-refractivity contribution in [1.29, 1.82) is 0 Å². The quantitative estimate of drug-likeness (QED) is 0.821. The molecule has 1 aliphatic rings. The minimum absolute atomic E-state index is 0.0587. The summed E-state index contributed by atoms with van der Waals surface area (Å²) in [7, 11) is 1.99. The average molecular weight is 271 g/mol. The number of likely N-dealkylation sites (N-methyl/N-ethyl adjacent to an activating group) is 1. The summed E-state index contributed by atoms with van der Waals surface area (Å²) in [6, 6.07) is 3.02. The molecular weight excluding hydrogens is 256 g/mol. The minimum atomic E-state index is -0.987. The van der Waals surface area contributed by atoms with Crippen LogP contribution in [0.25, 0.3) is 0 Å².